The molecule has 0 atom stereocenters. The van der Waals surface area contributed by atoms with E-state index in [2.05, 4.69) is 27.6 Å². The van der Waals surface area contributed by atoms with Gasteiger partial charge in [-0.3, -0.25) is 5.43 Å². The van der Waals surface area contributed by atoms with Crippen LogP contribution in [0.5, 0.6) is 0 Å². The predicted molar refractivity (Wildman–Crippen MR) is 116 cm³/mol. The minimum Gasteiger partial charge on any atom is -0.378 e. The van der Waals surface area contributed by atoms with E-state index in [0.717, 1.165) is 22.5 Å². The molecular weight excluding hydrogens is 356 g/mol. The predicted octanol–water partition coefficient (Wildman–Crippen LogP) is 5.11. The van der Waals surface area contributed by atoms with Crippen LogP contribution < -0.4 is 10.3 Å². The molecule has 136 valence electrons. The highest BCUT2D eigenvalue weighted by atomic mass is 35.5. The Labute approximate surface area is 164 Å². The molecule has 0 saturated carbocycles. The van der Waals surface area contributed by atoms with Crippen molar-refractivity contribution in [2.24, 2.45) is 10.1 Å². The lowest BCUT2D eigenvalue weighted by atomic mass is 10.2. The van der Waals surface area contributed by atoms with E-state index in [0.29, 0.717) is 10.9 Å². The van der Waals surface area contributed by atoms with E-state index in [1.807, 2.05) is 80.8 Å². The third-order valence-electron chi connectivity index (χ3n) is 3.91. The summed E-state index contributed by atoms with van der Waals surface area (Å²) in [6, 6.07) is 25.5. The lowest BCUT2D eigenvalue weighted by Gasteiger charge is -2.13. The van der Waals surface area contributed by atoms with Gasteiger partial charge in [-0.05, 0) is 54.1 Å². The van der Waals surface area contributed by atoms with Crippen LogP contribution in [0.1, 0.15) is 11.1 Å². The molecule has 0 radical (unpaired) electrons. The summed E-state index contributed by atoms with van der Waals surface area (Å²) >= 11 is 5.92. The maximum absolute atomic E-state index is 5.92. The molecule has 27 heavy (non-hydrogen) atoms. The van der Waals surface area contributed by atoms with Gasteiger partial charge in [-0.1, -0.05) is 41.9 Å². The Bertz CT molecular complexity index is 915. The molecule has 0 aliphatic heterocycles. The van der Waals surface area contributed by atoms with E-state index in [-0.39, 0.29) is 0 Å². The zero-order valence-corrected chi connectivity index (χ0v) is 16.1. The number of para-hydroxylation sites is 1. The van der Waals surface area contributed by atoms with Crippen LogP contribution in [-0.2, 0) is 0 Å². The van der Waals surface area contributed by atoms with Gasteiger partial charge < -0.3 is 4.90 Å². The number of amidine groups is 1. The minimum atomic E-state index is 0.678. The average molecular weight is 377 g/mol. The van der Waals surface area contributed by atoms with Crippen molar-refractivity contribution in [2.45, 2.75) is 0 Å². The van der Waals surface area contributed by atoms with Crippen LogP contribution in [0, 0.1) is 0 Å². The summed E-state index contributed by atoms with van der Waals surface area (Å²) in [5, 5.41) is 5.04. The standard InChI is InChI=1S/C22H21ClN4/c1-27(2)21-14-10-18(11-15-21)22(25-20-6-4-3-5-7-20)26-24-16-17-8-12-19(23)13-9-17/h3-16H,1-2H3,(H,25,26)/b24-16-. The number of nitrogens with zero attached hydrogens (tertiary/aromatic N) is 3. The number of nitrogens with one attached hydrogen (secondary N) is 1. The van der Waals surface area contributed by atoms with Crippen molar-refractivity contribution in [1.29, 1.82) is 0 Å². The second-order valence-electron chi connectivity index (χ2n) is 6.16. The normalized spacial score (nSPS) is 11.6. The first-order valence-electron chi connectivity index (χ1n) is 8.58. The lowest BCUT2D eigenvalue weighted by molar-refractivity contribution is 1.03. The first-order chi connectivity index (χ1) is 13.1. The van der Waals surface area contributed by atoms with Gasteiger partial charge in [0.1, 0.15) is 0 Å². The van der Waals surface area contributed by atoms with Crippen molar-refractivity contribution < 1.29 is 0 Å². The average Bonchev–Trinajstić information content (AvgIpc) is 2.69. The maximum atomic E-state index is 5.92. The van der Waals surface area contributed by atoms with Gasteiger partial charge in [0.25, 0.3) is 0 Å². The maximum Gasteiger partial charge on any atom is 0.154 e. The van der Waals surface area contributed by atoms with E-state index in [1.165, 1.54) is 0 Å². The second kappa shape index (κ2) is 9.01. The van der Waals surface area contributed by atoms with Crippen molar-refractivity contribution in [2.75, 3.05) is 19.0 Å². The topological polar surface area (TPSA) is 40.0 Å². The summed E-state index contributed by atoms with van der Waals surface area (Å²) in [5.74, 6) is 0.678. The summed E-state index contributed by atoms with van der Waals surface area (Å²) in [6.07, 6.45) is 1.74. The molecule has 0 aromatic heterocycles. The molecule has 3 rings (SSSR count). The van der Waals surface area contributed by atoms with Gasteiger partial charge in [0, 0.05) is 30.4 Å². The van der Waals surface area contributed by atoms with Crippen LogP contribution in [-0.4, -0.2) is 26.1 Å². The van der Waals surface area contributed by atoms with Crippen molar-refractivity contribution in [3.63, 3.8) is 0 Å². The fourth-order valence-corrected chi connectivity index (χ4v) is 2.55. The number of rotatable bonds is 5. The fourth-order valence-electron chi connectivity index (χ4n) is 2.42. The fraction of sp³-hybridized carbons (Fsp3) is 0.0909. The summed E-state index contributed by atoms with van der Waals surface area (Å²) < 4.78 is 0. The molecule has 0 fully saturated rings. The molecule has 1 N–H and O–H groups in total. The number of halogens is 1. The molecule has 0 saturated heterocycles. The van der Waals surface area contributed by atoms with Crippen LogP contribution in [0.15, 0.2) is 89.0 Å². The summed E-state index contributed by atoms with van der Waals surface area (Å²) in [4.78, 5) is 6.77. The van der Waals surface area contributed by atoms with E-state index < -0.39 is 0 Å². The Balaban J connectivity index is 1.85. The van der Waals surface area contributed by atoms with E-state index in [1.54, 1.807) is 6.21 Å². The van der Waals surface area contributed by atoms with Crippen LogP contribution in [0.2, 0.25) is 5.02 Å². The molecule has 0 amide bonds. The van der Waals surface area contributed by atoms with Crippen LogP contribution in [0.4, 0.5) is 11.4 Å². The van der Waals surface area contributed by atoms with Crippen LogP contribution in [0.25, 0.3) is 0 Å². The zero-order valence-electron chi connectivity index (χ0n) is 15.3. The number of anilines is 1. The van der Waals surface area contributed by atoms with Crippen molar-refractivity contribution >= 4 is 35.0 Å². The highest BCUT2D eigenvalue weighted by Crippen LogP contribution is 2.16. The molecule has 0 spiro atoms. The lowest BCUT2D eigenvalue weighted by Crippen LogP contribution is -2.19. The van der Waals surface area contributed by atoms with Crippen LogP contribution >= 0.6 is 11.6 Å². The minimum absolute atomic E-state index is 0.678. The van der Waals surface area contributed by atoms with Gasteiger partial charge in [-0.15, -0.1) is 0 Å². The highest BCUT2D eigenvalue weighted by Gasteiger charge is 2.04. The second-order valence-corrected chi connectivity index (χ2v) is 6.60. The quantitative estimate of drug-likeness (QED) is 0.382. The van der Waals surface area contributed by atoms with Gasteiger partial charge in [-0.2, -0.15) is 5.10 Å². The molecule has 0 aliphatic carbocycles. The summed E-state index contributed by atoms with van der Waals surface area (Å²) in [5.41, 5.74) is 6.96. The molecule has 4 nitrogen and oxygen atoms in total. The summed E-state index contributed by atoms with van der Waals surface area (Å²) in [6.45, 7) is 0. The van der Waals surface area contributed by atoms with Crippen molar-refractivity contribution in [3.05, 3.63) is 95.0 Å². The Hall–Kier alpha value is -3.11. The van der Waals surface area contributed by atoms with Gasteiger partial charge in [0.15, 0.2) is 5.84 Å². The Morgan fingerprint density at radius 2 is 1.56 bits per heavy atom. The van der Waals surface area contributed by atoms with Gasteiger partial charge >= 0.3 is 0 Å². The van der Waals surface area contributed by atoms with E-state index >= 15 is 0 Å². The van der Waals surface area contributed by atoms with Gasteiger partial charge in [0.05, 0.1) is 11.9 Å². The van der Waals surface area contributed by atoms with Crippen molar-refractivity contribution in [3.8, 4) is 0 Å². The molecule has 0 heterocycles. The number of hydrazone groups is 1. The molecule has 3 aromatic carbocycles. The van der Waals surface area contributed by atoms with Gasteiger partial charge in [-0.25, -0.2) is 4.99 Å². The van der Waals surface area contributed by atoms with Gasteiger partial charge in [0.2, 0.25) is 0 Å². The highest BCUT2D eigenvalue weighted by molar-refractivity contribution is 6.30. The Kier molecular flexibility index (Phi) is 6.23. The Morgan fingerprint density at radius 1 is 0.889 bits per heavy atom. The molecule has 3 aromatic rings. The van der Waals surface area contributed by atoms with E-state index in [9.17, 15) is 0 Å². The molecule has 5 heteroatoms. The molecule has 0 unspecified atom stereocenters. The smallest absolute Gasteiger partial charge is 0.154 e. The van der Waals surface area contributed by atoms with Crippen molar-refractivity contribution in [1.82, 2.24) is 5.43 Å². The number of aliphatic imine (C=N–C) groups is 1. The monoisotopic (exact) mass is 376 g/mol. The largest absolute Gasteiger partial charge is 0.378 e. The first-order valence-corrected chi connectivity index (χ1v) is 8.96. The summed E-state index contributed by atoms with van der Waals surface area (Å²) in [7, 11) is 4.03. The Morgan fingerprint density at radius 3 is 2.19 bits per heavy atom. The number of benzene rings is 3. The molecule has 0 aliphatic rings. The number of hydrogen-bond donors (Lipinski definition) is 1. The number of hydrogen-bond acceptors (Lipinski definition) is 3. The third-order valence-corrected chi connectivity index (χ3v) is 4.16. The van der Waals surface area contributed by atoms with E-state index in [4.69, 9.17) is 16.6 Å². The third kappa shape index (κ3) is 5.43. The molecule has 0 bridgehead atoms. The zero-order chi connectivity index (χ0) is 19.1. The molecular formula is C22H21ClN4. The first kappa shape index (κ1) is 18.7. The van der Waals surface area contributed by atoms with Crippen LogP contribution in [0.3, 0.4) is 0 Å². The SMILES string of the molecule is CN(C)c1ccc(C(=Nc2ccccc2)N/N=C\c2ccc(Cl)cc2)cc1.